The van der Waals surface area contributed by atoms with Gasteiger partial charge in [-0.3, -0.25) is 0 Å². The van der Waals surface area contributed by atoms with E-state index < -0.39 is 0 Å². The predicted octanol–water partition coefficient (Wildman–Crippen LogP) is 3.38. The van der Waals surface area contributed by atoms with E-state index in [2.05, 4.69) is 13.8 Å². The quantitative estimate of drug-likeness (QED) is 0.588. The standard InChI is InChI=1S/C11H22O/c1-3-4-5-6-11-9-10(2)7-8-12-11/h10-11H,3-9H2,1-2H3. The summed E-state index contributed by atoms with van der Waals surface area (Å²) in [6, 6.07) is 0. The van der Waals surface area contributed by atoms with E-state index in [1.807, 2.05) is 0 Å². The van der Waals surface area contributed by atoms with Crippen LogP contribution in [0.3, 0.4) is 0 Å². The summed E-state index contributed by atoms with van der Waals surface area (Å²) in [6.45, 7) is 5.59. The lowest BCUT2D eigenvalue weighted by molar-refractivity contribution is -0.0104. The summed E-state index contributed by atoms with van der Waals surface area (Å²) in [5, 5.41) is 0. The lowest BCUT2D eigenvalue weighted by Gasteiger charge is -2.27. The van der Waals surface area contributed by atoms with E-state index in [4.69, 9.17) is 4.74 Å². The molecule has 2 atom stereocenters. The molecule has 0 aromatic rings. The SMILES string of the molecule is CCCCCC1CC(C)CCO1. The summed E-state index contributed by atoms with van der Waals surface area (Å²) in [7, 11) is 0. The maximum absolute atomic E-state index is 5.69. The molecule has 1 aliphatic rings. The molecule has 1 fully saturated rings. The van der Waals surface area contributed by atoms with Crippen molar-refractivity contribution in [1.82, 2.24) is 0 Å². The van der Waals surface area contributed by atoms with E-state index in [0.717, 1.165) is 12.5 Å². The van der Waals surface area contributed by atoms with Gasteiger partial charge in [-0.05, 0) is 25.2 Å². The van der Waals surface area contributed by atoms with Gasteiger partial charge >= 0.3 is 0 Å². The van der Waals surface area contributed by atoms with Gasteiger partial charge in [-0.1, -0.05) is 33.1 Å². The minimum absolute atomic E-state index is 0.584. The third-order valence-corrected chi connectivity index (χ3v) is 2.76. The molecule has 72 valence electrons. The summed E-state index contributed by atoms with van der Waals surface area (Å²) in [5.41, 5.74) is 0. The number of rotatable bonds is 4. The van der Waals surface area contributed by atoms with Crippen LogP contribution in [-0.4, -0.2) is 12.7 Å². The maximum Gasteiger partial charge on any atom is 0.0577 e. The predicted molar refractivity (Wildman–Crippen MR) is 52.3 cm³/mol. The molecule has 2 unspecified atom stereocenters. The van der Waals surface area contributed by atoms with Crippen molar-refractivity contribution in [3.05, 3.63) is 0 Å². The van der Waals surface area contributed by atoms with Gasteiger partial charge in [-0.15, -0.1) is 0 Å². The molecule has 0 N–H and O–H groups in total. The summed E-state index contributed by atoms with van der Waals surface area (Å²) in [6.07, 6.45) is 8.48. The smallest absolute Gasteiger partial charge is 0.0577 e. The molecular weight excluding hydrogens is 148 g/mol. The average Bonchev–Trinajstić information content (AvgIpc) is 2.05. The first kappa shape index (κ1) is 10.0. The monoisotopic (exact) mass is 170 g/mol. The molecule has 0 aromatic heterocycles. The number of hydrogen-bond acceptors (Lipinski definition) is 1. The third kappa shape index (κ3) is 3.57. The second-order valence-electron chi connectivity index (χ2n) is 4.12. The van der Waals surface area contributed by atoms with Crippen LogP contribution < -0.4 is 0 Å². The van der Waals surface area contributed by atoms with E-state index in [1.54, 1.807) is 0 Å². The highest BCUT2D eigenvalue weighted by molar-refractivity contribution is 4.68. The van der Waals surface area contributed by atoms with Gasteiger partial charge in [0.1, 0.15) is 0 Å². The molecule has 0 spiro atoms. The van der Waals surface area contributed by atoms with Gasteiger partial charge in [-0.2, -0.15) is 0 Å². The summed E-state index contributed by atoms with van der Waals surface area (Å²) in [4.78, 5) is 0. The normalized spacial score (nSPS) is 30.5. The first-order chi connectivity index (χ1) is 5.83. The summed E-state index contributed by atoms with van der Waals surface area (Å²) < 4.78 is 5.69. The highest BCUT2D eigenvalue weighted by atomic mass is 16.5. The Kier molecular flexibility index (Phi) is 4.67. The van der Waals surface area contributed by atoms with Crippen molar-refractivity contribution in [2.24, 2.45) is 5.92 Å². The first-order valence-electron chi connectivity index (χ1n) is 5.44. The number of unbranched alkanes of at least 4 members (excludes halogenated alkanes) is 2. The molecule has 1 heterocycles. The largest absolute Gasteiger partial charge is 0.378 e. The van der Waals surface area contributed by atoms with Gasteiger partial charge in [0.05, 0.1) is 6.10 Å². The van der Waals surface area contributed by atoms with Crippen LogP contribution in [0.25, 0.3) is 0 Å². The topological polar surface area (TPSA) is 9.23 Å². The van der Waals surface area contributed by atoms with Crippen molar-refractivity contribution >= 4 is 0 Å². The van der Waals surface area contributed by atoms with E-state index in [9.17, 15) is 0 Å². The fourth-order valence-electron chi connectivity index (χ4n) is 1.89. The minimum atomic E-state index is 0.584. The van der Waals surface area contributed by atoms with Crippen LogP contribution in [0.2, 0.25) is 0 Å². The fraction of sp³-hybridized carbons (Fsp3) is 1.00. The van der Waals surface area contributed by atoms with Crippen molar-refractivity contribution in [2.45, 2.75) is 58.5 Å². The highest BCUT2D eigenvalue weighted by Crippen LogP contribution is 2.22. The second kappa shape index (κ2) is 5.58. The van der Waals surface area contributed by atoms with Gasteiger partial charge in [0.25, 0.3) is 0 Å². The Balaban J connectivity index is 2.06. The molecule has 0 saturated carbocycles. The first-order valence-corrected chi connectivity index (χ1v) is 5.44. The van der Waals surface area contributed by atoms with Crippen molar-refractivity contribution in [3.8, 4) is 0 Å². The number of hydrogen-bond donors (Lipinski definition) is 0. The zero-order valence-electron chi connectivity index (χ0n) is 8.51. The zero-order valence-corrected chi connectivity index (χ0v) is 8.51. The molecule has 1 saturated heterocycles. The molecule has 0 radical (unpaired) electrons. The minimum Gasteiger partial charge on any atom is -0.378 e. The van der Waals surface area contributed by atoms with Crippen LogP contribution in [0.15, 0.2) is 0 Å². The highest BCUT2D eigenvalue weighted by Gasteiger charge is 2.18. The lowest BCUT2D eigenvalue weighted by atomic mass is 9.95. The lowest BCUT2D eigenvalue weighted by Crippen LogP contribution is -2.23. The molecule has 0 bridgehead atoms. The zero-order chi connectivity index (χ0) is 8.81. The van der Waals surface area contributed by atoms with Crippen molar-refractivity contribution in [1.29, 1.82) is 0 Å². The van der Waals surface area contributed by atoms with Crippen molar-refractivity contribution < 1.29 is 4.74 Å². The van der Waals surface area contributed by atoms with E-state index >= 15 is 0 Å². The van der Waals surface area contributed by atoms with Crippen LogP contribution in [0.1, 0.15) is 52.4 Å². The van der Waals surface area contributed by atoms with Gasteiger partial charge in [0, 0.05) is 6.61 Å². The van der Waals surface area contributed by atoms with E-state index in [-0.39, 0.29) is 0 Å². The Hall–Kier alpha value is -0.0400. The van der Waals surface area contributed by atoms with E-state index in [0.29, 0.717) is 6.10 Å². The fourth-order valence-corrected chi connectivity index (χ4v) is 1.89. The van der Waals surface area contributed by atoms with Crippen LogP contribution in [0, 0.1) is 5.92 Å². The van der Waals surface area contributed by atoms with Crippen molar-refractivity contribution in [3.63, 3.8) is 0 Å². The molecule has 1 heteroatoms. The number of ether oxygens (including phenoxy) is 1. The molecule has 0 aromatic carbocycles. The van der Waals surface area contributed by atoms with Gasteiger partial charge < -0.3 is 4.74 Å². The Bertz CT molecular complexity index is 112. The molecule has 1 aliphatic heterocycles. The average molecular weight is 170 g/mol. The molecule has 1 nitrogen and oxygen atoms in total. The van der Waals surface area contributed by atoms with Gasteiger partial charge in [-0.25, -0.2) is 0 Å². The molecule has 1 rings (SSSR count). The van der Waals surface area contributed by atoms with Crippen molar-refractivity contribution in [2.75, 3.05) is 6.61 Å². The molecule has 12 heavy (non-hydrogen) atoms. The van der Waals surface area contributed by atoms with E-state index in [1.165, 1.54) is 38.5 Å². The third-order valence-electron chi connectivity index (χ3n) is 2.76. The summed E-state index contributed by atoms with van der Waals surface area (Å²) in [5.74, 6) is 0.894. The van der Waals surface area contributed by atoms with Crippen LogP contribution in [0.5, 0.6) is 0 Å². The van der Waals surface area contributed by atoms with Gasteiger partial charge in [0.15, 0.2) is 0 Å². The summed E-state index contributed by atoms with van der Waals surface area (Å²) >= 11 is 0. The molecule has 0 amide bonds. The maximum atomic E-state index is 5.69. The van der Waals surface area contributed by atoms with Crippen LogP contribution >= 0.6 is 0 Å². The Morgan fingerprint density at radius 3 is 2.83 bits per heavy atom. The Labute approximate surface area is 76.5 Å². The Morgan fingerprint density at radius 1 is 1.33 bits per heavy atom. The van der Waals surface area contributed by atoms with Crippen LogP contribution in [0.4, 0.5) is 0 Å². The van der Waals surface area contributed by atoms with Gasteiger partial charge in [0.2, 0.25) is 0 Å². The second-order valence-corrected chi connectivity index (χ2v) is 4.12. The Morgan fingerprint density at radius 2 is 2.17 bits per heavy atom. The molecular formula is C11H22O. The van der Waals surface area contributed by atoms with Crippen LogP contribution in [-0.2, 0) is 4.74 Å². The molecule has 0 aliphatic carbocycles.